The predicted molar refractivity (Wildman–Crippen MR) is 176 cm³/mol. The Hall–Kier alpha value is -4.01. The molecule has 3 N–H and O–H groups in total. The van der Waals surface area contributed by atoms with Crippen LogP contribution in [0.5, 0.6) is 0 Å². The molecule has 0 aliphatic carbocycles. The lowest BCUT2D eigenvalue weighted by molar-refractivity contribution is -0.253. The minimum absolute atomic E-state index is 0.0327. The number of nitrogens with zero attached hydrogens (tertiary/aromatic N) is 1. The summed E-state index contributed by atoms with van der Waals surface area (Å²) in [6, 6.07) is 34.4. The Morgan fingerprint density at radius 3 is 2.13 bits per heavy atom. The van der Waals surface area contributed by atoms with Crippen molar-refractivity contribution in [2.24, 2.45) is 0 Å². The number of amides is 2. The standard InChI is InChI=1S/C38H43N3O4/c42-27-29-12-14-32(15-13-29)36-23-35(26-41-20-5-2-6-21-41)44-37(45-36)33-18-16-31(17-19-33)34-11-7-10-30(22-34)25-40-38(43)39-24-28-8-3-1-4-9-28/h1,3-4,7-19,22,35-37,42H,2,5-6,20-21,23-27H2,(H2,39,40,43)/t35-,36+,37+/m0/s1. The average Bonchev–Trinajstić information content (AvgIpc) is 3.11. The maximum absolute atomic E-state index is 12.4. The van der Waals surface area contributed by atoms with Crippen molar-refractivity contribution in [3.8, 4) is 11.1 Å². The number of aliphatic hydroxyl groups excluding tert-OH is 1. The van der Waals surface area contributed by atoms with Gasteiger partial charge in [0.15, 0.2) is 6.29 Å². The molecule has 3 atom stereocenters. The number of piperidine rings is 1. The summed E-state index contributed by atoms with van der Waals surface area (Å²) in [4.78, 5) is 14.9. The van der Waals surface area contributed by atoms with E-state index in [0.29, 0.717) is 13.1 Å². The molecule has 4 aromatic carbocycles. The lowest BCUT2D eigenvalue weighted by Crippen LogP contribution is -2.41. The summed E-state index contributed by atoms with van der Waals surface area (Å²) in [5.74, 6) is 0. The Morgan fingerprint density at radius 1 is 0.711 bits per heavy atom. The third-order valence-electron chi connectivity index (χ3n) is 8.72. The summed E-state index contributed by atoms with van der Waals surface area (Å²) in [6.45, 7) is 4.13. The van der Waals surface area contributed by atoms with Gasteiger partial charge in [-0.1, -0.05) is 103 Å². The quantitative estimate of drug-likeness (QED) is 0.184. The number of carbonyl (C=O) groups excluding carboxylic acids is 1. The number of benzene rings is 4. The first-order valence-corrected chi connectivity index (χ1v) is 16.1. The van der Waals surface area contributed by atoms with E-state index in [1.165, 1.54) is 19.3 Å². The second kappa shape index (κ2) is 15.3. The molecule has 6 rings (SSSR count). The fourth-order valence-electron chi connectivity index (χ4n) is 6.18. The molecular weight excluding hydrogens is 562 g/mol. The molecule has 0 spiro atoms. The van der Waals surface area contributed by atoms with Crippen LogP contribution < -0.4 is 10.6 Å². The predicted octanol–water partition coefficient (Wildman–Crippen LogP) is 6.88. The van der Waals surface area contributed by atoms with Crippen LogP contribution in [0.2, 0.25) is 0 Å². The molecule has 0 unspecified atom stereocenters. The van der Waals surface area contributed by atoms with E-state index in [2.05, 4.69) is 64.1 Å². The molecule has 0 saturated carbocycles. The molecule has 7 heteroatoms. The highest BCUT2D eigenvalue weighted by molar-refractivity contribution is 5.74. The van der Waals surface area contributed by atoms with E-state index in [1.807, 2.05) is 54.6 Å². The van der Waals surface area contributed by atoms with Crippen molar-refractivity contribution < 1.29 is 19.4 Å². The molecular formula is C38H43N3O4. The maximum atomic E-state index is 12.4. The van der Waals surface area contributed by atoms with Crippen molar-refractivity contribution in [3.63, 3.8) is 0 Å². The van der Waals surface area contributed by atoms with E-state index in [0.717, 1.165) is 65.0 Å². The van der Waals surface area contributed by atoms with Crippen LogP contribution in [0.1, 0.15) is 65.9 Å². The SMILES string of the molecule is O=C(NCc1ccccc1)NCc1cccc(-c2ccc([C@@H]3O[C@H](CN4CCCCC4)C[C@H](c4ccc(CO)cc4)O3)cc2)c1. The van der Waals surface area contributed by atoms with Gasteiger partial charge >= 0.3 is 6.03 Å². The Morgan fingerprint density at radius 2 is 1.40 bits per heavy atom. The Balaban J connectivity index is 1.10. The molecule has 4 aromatic rings. The fraction of sp³-hybridized carbons (Fsp3) is 0.342. The Bertz CT molecular complexity index is 1500. The molecule has 2 aliphatic rings. The van der Waals surface area contributed by atoms with Crippen LogP contribution in [-0.4, -0.2) is 41.8 Å². The molecule has 0 aromatic heterocycles. The van der Waals surface area contributed by atoms with Gasteiger partial charge in [0.2, 0.25) is 0 Å². The van der Waals surface area contributed by atoms with Crippen LogP contribution >= 0.6 is 0 Å². The van der Waals surface area contributed by atoms with Crippen LogP contribution in [0.3, 0.4) is 0 Å². The van der Waals surface area contributed by atoms with Gasteiger partial charge < -0.3 is 30.1 Å². The Labute approximate surface area is 266 Å². The highest BCUT2D eigenvalue weighted by atomic mass is 16.7. The van der Waals surface area contributed by atoms with E-state index >= 15 is 0 Å². The third kappa shape index (κ3) is 8.59. The molecule has 2 fully saturated rings. The molecule has 0 radical (unpaired) electrons. The van der Waals surface area contributed by atoms with Gasteiger partial charge in [0.25, 0.3) is 0 Å². The zero-order chi connectivity index (χ0) is 30.8. The normalized spacial score (nSPS) is 20.4. The lowest BCUT2D eigenvalue weighted by atomic mass is 9.98. The number of ether oxygens (including phenoxy) is 2. The van der Waals surface area contributed by atoms with Crippen molar-refractivity contribution in [2.45, 2.75) is 63.9 Å². The number of likely N-dealkylation sites (tertiary alicyclic amines) is 1. The smallest absolute Gasteiger partial charge is 0.315 e. The van der Waals surface area contributed by atoms with Crippen molar-refractivity contribution >= 4 is 6.03 Å². The van der Waals surface area contributed by atoms with E-state index in [4.69, 9.17) is 9.47 Å². The zero-order valence-electron chi connectivity index (χ0n) is 25.7. The number of hydrogen-bond donors (Lipinski definition) is 3. The van der Waals surface area contributed by atoms with E-state index < -0.39 is 6.29 Å². The van der Waals surface area contributed by atoms with E-state index in [-0.39, 0.29) is 24.8 Å². The molecule has 234 valence electrons. The molecule has 2 saturated heterocycles. The summed E-state index contributed by atoms with van der Waals surface area (Å²) >= 11 is 0. The van der Waals surface area contributed by atoms with Crippen LogP contribution in [0.15, 0.2) is 103 Å². The molecule has 45 heavy (non-hydrogen) atoms. The summed E-state index contributed by atoms with van der Waals surface area (Å²) in [6.07, 6.45) is 4.13. The maximum Gasteiger partial charge on any atom is 0.315 e. The lowest BCUT2D eigenvalue weighted by Gasteiger charge is -2.39. The Kier molecular flexibility index (Phi) is 10.6. The van der Waals surface area contributed by atoms with Crippen LogP contribution in [-0.2, 0) is 29.2 Å². The highest BCUT2D eigenvalue weighted by Crippen LogP contribution is 2.39. The number of rotatable bonds is 10. The second-order valence-electron chi connectivity index (χ2n) is 12.1. The van der Waals surface area contributed by atoms with Gasteiger partial charge in [-0.25, -0.2) is 4.79 Å². The summed E-state index contributed by atoms with van der Waals surface area (Å²) in [5, 5.41) is 15.4. The molecule has 2 aliphatic heterocycles. The van der Waals surface area contributed by atoms with Crippen molar-refractivity contribution in [1.82, 2.24) is 15.5 Å². The monoisotopic (exact) mass is 605 g/mol. The minimum Gasteiger partial charge on any atom is -0.392 e. The molecule has 2 amide bonds. The second-order valence-corrected chi connectivity index (χ2v) is 12.1. The summed E-state index contributed by atoms with van der Waals surface area (Å²) in [5.41, 5.74) is 7.26. The number of nitrogens with one attached hydrogen (secondary N) is 2. The van der Waals surface area contributed by atoms with Crippen molar-refractivity contribution in [2.75, 3.05) is 19.6 Å². The summed E-state index contributed by atoms with van der Waals surface area (Å²) in [7, 11) is 0. The zero-order valence-corrected chi connectivity index (χ0v) is 25.7. The number of aliphatic hydroxyl groups is 1. The first-order valence-electron chi connectivity index (χ1n) is 16.1. The molecule has 7 nitrogen and oxygen atoms in total. The molecule has 0 bridgehead atoms. The largest absolute Gasteiger partial charge is 0.392 e. The van der Waals surface area contributed by atoms with Crippen molar-refractivity contribution in [1.29, 1.82) is 0 Å². The van der Waals surface area contributed by atoms with Gasteiger partial charge in [0.1, 0.15) is 0 Å². The van der Waals surface area contributed by atoms with Crippen molar-refractivity contribution in [3.05, 3.63) is 131 Å². The van der Waals surface area contributed by atoms with E-state index in [9.17, 15) is 9.90 Å². The fourth-order valence-corrected chi connectivity index (χ4v) is 6.18. The minimum atomic E-state index is -0.463. The van der Waals surface area contributed by atoms with Gasteiger partial charge in [0.05, 0.1) is 18.8 Å². The number of hydrogen-bond acceptors (Lipinski definition) is 5. The van der Waals surface area contributed by atoms with Crippen LogP contribution in [0.4, 0.5) is 4.79 Å². The van der Waals surface area contributed by atoms with E-state index in [1.54, 1.807) is 0 Å². The van der Waals surface area contributed by atoms with Gasteiger partial charge in [-0.15, -0.1) is 0 Å². The topological polar surface area (TPSA) is 83.1 Å². The van der Waals surface area contributed by atoms with Gasteiger partial charge in [-0.05, 0) is 65.4 Å². The van der Waals surface area contributed by atoms with Gasteiger partial charge in [0, 0.05) is 31.6 Å². The highest BCUT2D eigenvalue weighted by Gasteiger charge is 2.33. The average molecular weight is 606 g/mol. The first-order chi connectivity index (χ1) is 22.1. The number of carbonyl (C=O) groups is 1. The van der Waals surface area contributed by atoms with Gasteiger partial charge in [-0.2, -0.15) is 0 Å². The van der Waals surface area contributed by atoms with Gasteiger partial charge in [-0.3, -0.25) is 0 Å². The number of urea groups is 1. The first kappa shape index (κ1) is 31.0. The van der Waals surface area contributed by atoms with Crippen LogP contribution in [0, 0.1) is 0 Å². The summed E-state index contributed by atoms with van der Waals surface area (Å²) < 4.78 is 13.2. The molecule has 2 heterocycles. The third-order valence-corrected chi connectivity index (χ3v) is 8.72. The van der Waals surface area contributed by atoms with Crippen LogP contribution in [0.25, 0.3) is 11.1 Å².